The number of anilines is 1. The number of carbonyl (C=O) groups is 1. The quantitative estimate of drug-likeness (QED) is 0.767. The van der Waals surface area contributed by atoms with Crippen LogP contribution in [0.2, 0.25) is 10.0 Å². The van der Waals surface area contributed by atoms with E-state index in [1.54, 1.807) is 6.07 Å². The van der Waals surface area contributed by atoms with E-state index < -0.39 is 15.8 Å². The molecule has 0 saturated carbocycles. The normalized spacial score (nSPS) is 16.1. The highest BCUT2D eigenvalue weighted by Crippen LogP contribution is 2.31. The van der Waals surface area contributed by atoms with Gasteiger partial charge in [0.25, 0.3) is 0 Å². The van der Waals surface area contributed by atoms with Crippen molar-refractivity contribution in [3.63, 3.8) is 0 Å². The number of amides is 1. The molecule has 0 bridgehead atoms. The maximum absolute atomic E-state index is 13.2. The number of piperazine rings is 1. The van der Waals surface area contributed by atoms with Gasteiger partial charge in [0.1, 0.15) is 10.7 Å². The van der Waals surface area contributed by atoms with Gasteiger partial charge >= 0.3 is 0 Å². The van der Waals surface area contributed by atoms with Gasteiger partial charge in [0.2, 0.25) is 15.9 Å². The summed E-state index contributed by atoms with van der Waals surface area (Å²) in [5.74, 6) is -0.726. The summed E-state index contributed by atoms with van der Waals surface area (Å²) in [6.45, 7) is 1.29. The molecule has 1 fully saturated rings. The number of carbonyl (C=O) groups excluding carboxylic acids is 1. The Morgan fingerprint density at radius 3 is 2.43 bits per heavy atom. The first kappa shape index (κ1) is 21.0. The molecular formula is C18H18Cl2FN3O3S. The molecule has 1 heterocycles. The Morgan fingerprint density at radius 2 is 1.75 bits per heavy atom. The predicted octanol–water partition coefficient (Wildman–Crippen LogP) is 3.08. The molecule has 28 heavy (non-hydrogen) atoms. The minimum Gasteiger partial charge on any atom is -0.325 e. The third-order valence-corrected chi connectivity index (χ3v) is 7.21. The van der Waals surface area contributed by atoms with Crippen molar-refractivity contribution in [2.24, 2.45) is 0 Å². The largest absolute Gasteiger partial charge is 0.325 e. The van der Waals surface area contributed by atoms with Crippen molar-refractivity contribution in [2.75, 3.05) is 38.0 Å². The van der Waals surface area contributed by atoms with Gasteiger partial charge in [-0.05, 0) is 30.3 Å². The third-order valence-electron chi connectivity index (χ3n) is 4.34. The van der Waals surface area contributed by atoms with Crippen molar-refractivity contribution in [2.45, 2.75) is 4.90 Å². The molecule has 0 spiro atoms. The van der Waals surface area contributed by atoms with Gasteiger partial charge in [0.05, 0.1) is 16.6 Å². The summed E-state index contributed by atoms with van der Waals surface area (Å²) in [5, 5.41) is 2.80. The Hall–Kier alpha value is -1.71. The summed E-state index contributed by atoms with van der Waals surface area (Å²) < 4.78 is 40.1. The zero-order chi connectivity index (χ0) is 20.3. The Kier molecular flexibility index (Phi) is 6.57. The first-order chi connectivity index (χ1) is 13.3. The molecule has 2 aromatic carbocycles. The lowest BCUT2D eigenvalue weighted by Crippen LogP contribution is -2.50. The lowest BCUT2D eigenvalue weighted by molar-refractivity contribution is -0.117. The van der Waals surface area contributed by atoms with Crippen LogP contribution in [-0.2, 0) is 14.8 Å². The average Bonchev–Trinajstić information content (AvgIpc) is 2.64. The number of hydrogen-bond donors (Lipinski definition) is 1. The maximum Gasteiger partial charge on any atom is 0.244 e. The number of rotatable bonds is 5. The molecule has 2 aromatic rings. The fourth-order valence-electron chi connectivity index (χ4n) is 2.92. The monoisotopic (exact) mass is 445 g/mol. The van der Waals surface area contributed by atoms with E-state index in [9.17, 15) is 17.6 Å². The molecule has 1 aliphatic rings. The van der Waals surface area contributed by atoms with Crippen molar-refractivity contribution in [3.8, 4) is 0 Å². The summed E-state index contributed by atoms with van der Waals surface area (Å²) in [6, 6.07) is 10.1. The highest BCUT2D eigenvalue weighted by atomic mass is 35.5. The molecule has 0 atom stereocenters. The van der Waals surface area contributed by atoms with E-state index in [4.69, 9.17) is 23.2 Å². The van der Waals surface area contributed by atoms with Gasteiger partial charge in [0, 0.05) is 31.9 Å². The number of sulfonamides is 1. The standard InChI is InChI=1S/C18H18Cl2FN3O3S/c19-15-5-2-6-16(18(15)20)28(26,27)24-9-7-23(8-10-24)12-17(25)22-14-4-1-3-13(21)11-14/h1-6,11H,7-10,12H2,(H,22,25). The number of benzene rings is 2. The van der Waals surface area contributed by atoms with E-state index in [2.05, 4.69) is 5.32 Å². The van der Waals surface area contributed by atoms with Crippen LogP contribution in [0.1, 0.15) is 0 Å². The fraction of sp³-hybridized carbons (Fsp3) is 0.278. The molecule has 0 aliphatic carbocycles. The molecule has 0 unspecified atom stereocenters. The Balaban J connectivity index is 1.58. The van der Waals surface area contributed by atoms with Crippen molar-refractivity contribution in [3.05, 3.63) is 58.3 Å². The van der Waals surface area contributed by atoms with Crippen LogP contribution < -0.4 is 5.32 Å². The number of hydrogen-bond acceptors (Lipinski definition) is 4. The van der Waals surface area contributed by atoms with E-state index in [1.165, 1.54) is 40.7 Å². The van der Waals surface area contributed by atoms with E-state index in [0.717, 1.165) is 0 Å². The van der Waals surface area contributed by atoms with Gasteiger partial charge in [-0.15, -0.1) is 0 Å². The molecule has 1 N–H and O–H groups in total. The van der Waals surface area contributed by atoms with Crippen LogP contribution in [0, 0.1) is 5.82 Å². The Morgan fingerprint density at radius 1 is 1.07 bits per heavy atom. The summed E-state index contributed by atoms with van der Waals surface area (Å²) >= 11 is 12.0. The van der Waals surface area contributed by atoms with Crippen molar-refractivity contribution >= 4 is 44.8 Å². The van der Waals surface area contributed by atoms with Gasteiger partial charge < -0.3 is 5.32 Å². The molecule has 10 heteroatoms. The Labute approximate surface area is 172 Å². The average molecular weight is 446 g/mol. The minimum atomic E-state index is -3.77. The minimum absolute atomic E-state index is 0.000988. The van der Waals surface area contributed by atoms with Crippen LogP contribution in [-0.4, -0.2) is 56.3 Å². The summed E-state index contributed by atoms with van der Waals surface area (Å²) in [4.78, 5) is 13.9. The van der Waals surface area contributed by atoms with E-state index in [1.807, 2.05) is 4.90 Å². The molecule has 1 saturated heterocycles. The maximum atomic E-state index is 13.2. The van der Waals surface area contributed by atoms with E-state index in [-0.39, 0.29) is 40.5 Å². The van der Waals surface area contributed by atoms with Crippen LogP contribution in [0.4, 0.5) is 10.1 Å². The zero-order valence-corrected chi connectivity index (χ0v) is 17.1. The Bertz CT molecular complexity index is 980. The lowest BCUT2D eigenvalue weighted by atomic mass is 10.3. The second-order valence-corrected chi connectivity index (χ2v) is 8.98. The fourth-order valence-corrected chi connectivity index (χ4v) is 5.08. The smallest absolute Gasteiger partial charge is 0.244 e. The van der Waals surface area contributed by atoms with Gasteiger partial charge in [0.15, 0.2) is 0 Å². The second-order valence-electron chi connectivity index (χ2n) is 6.29. The van der Waals surface area contributed by atoms with Gasteiger partial charge in [-0.25, -0.2) is 12.8 Å². The van der Waals surface area contributed by atoms with Crippen molar-refractivity contribution in [1.82, 2.24) is 9.21 Å². The van der Waals surface area contributed by atoms with Gasteiger partial charge in [-0.1, -0.05) is 35.3 Å². The first-order valence-electron chi connectivity index (χ1n) is 8.49. The first-order valence-corrected chi connectivity index (χ1v) is 10.7. The van der Waals surface area contributed by atoms with Crippen LogP contribution in [0.25, 0.3) is 0 Å². The summed E-state index contributed by atoms with van der Waals surface area (Å²) in [6.07, 6.45) is 0. The molecular weight excluding hydrogens is 428 g/mol. The van der Waals surface area contributed by atoms with Crippen LogP contribution in [0.3, 0.4) is 0 Å². The van der Waals surface area contributed by atoms with Crippen LogP contribution in [0.5, 0.6) is 0 Å². The molecule has 0 radical (unpaired) electrons. The molecule has 3 rings (SSSR count). The number of nitrogens with zero attached hydrogens (tertiary/aromatic N) is 2. The topological polar surface area (TPSA) is 69.7 Å². The molecule has 6 nitrogen and oxygen atoms in total. The number of nitrogens with one attached hydrogen (secondary N) is 1. The number of halogens is 3. The van der Waals surface area contributed by atoms with Gasteiger partial charge in [-0.2, -0.15) is 4.31 Å². The molecule has 0 aromatic heterocycles. The van der Waals surface area contributed by atoms with Crippen molar-refractivity contribution < 1.29 is 17.6 Å². The molecule has 1 aliphatic heterocycles. The molecule has 150 valence electrons. The van der Waals surface area contributed by atoms with E-state index in [0.29, 0.717) is 18.8 Å². The predicted molar refractivity (Wildman–Crippen MR) is 107 cm³/mol. The SMILES string of the molecule is O=C(CN1CCN(S(=O)(=O)c2cccc(Cl)c2Cl)CC1)Nc1cccc(F)c1. The molecule has 1 amide bonds. The van der Waals surface area contributed by atoms with Crippen molar-refractivity contribution in [1.29, 1.82) is 0 Å². The summed E-state index contributed by atoms with van der Waals surface area (Å²) in [7, 11) is -3.77. The lowest BCUT2D eigenvalue weighted by Gasteiger charge is -2.33. The highest BCUT2D eigenvalue weighted by Gasteiger charge is 2.31. The third kappa shape index (κ3) is 4.82. The van der Waals surface area contributed by atoms with Crippen LogP contribution in [0.15, 0.2) is 47.4 Å². The van der Waals surface area contributed by atoms with Gasteiger partial charge in [-0.3, -0.25) is 9.69 Å². The zero-order valence-electron chi connectivity index (χ0n) is 14.7. The highest BCUT2D eigenvalue weighted by molar-refractivity contribution is 7.89. The summed E-state index contributed by atoms with van der Waals surface area (Å²) in [5.41, 5.74) is 0.377. The second kappa shape index (κ2) is 8.75. The van der Waals surface area contributed by atoms with E-state index >= 15 is 0 Å². The van der Waals surface area contributed by atoms with Crippen LogP contribution >= 0.6 is 23.2 Å².